The predicted molar refractivity (Wildman–Crippen MR) is 153 cm³/mol. The number of esters is 1. The second kappa shape index (κ2) is 15.6. The van der Waals surface area contributed by atoms with Crippen LogP contribution < -0.4 is 26.0 Å². The van der Waals surface area contributed by atoms with Crippen LogP contribution in [0.3, 0.4) is 0 Å². The first-order valence-corrected chi connectivity index (χ1v) is 13.3. The minimum Gasteiger partial charge on any atom is -0.494 e. The van der Waals surface area contributed by atoms with Crippen molar-refractivity contribution >= 4 is 40.9 Å². The fraction of sp³-hybridized carbons (Fsp3) is 0.407. The van der Waals surface area contributed by atoms with Crippen molar-refractivity contribution in [3.63, 3.8) is 0 Å². The number of amides is 3. The molecule has 0 aliphatic rings. The number of ether oxygens (including phenoxy) is 2. The van der Waals surface area contributed by atoms with Crippen LogP contribution in [0, 0.1) is 0 Å². The summed E-state index contributed by atoms with van der Waals surface area (Å²) in [6.07, 6.45) is 5.11. The highest BCUT2D eigenvalue weighted by Crippen LogP contribution is 2.37. The zero-order valence-electron chi connectivity index (χ0n) is 24.0. The molecule has 0 fully saturated rings. The molecule has 0 bridgehead atoms. The largest absolute Gasteiger partial charge is 0.494 e. The molecule has 224 valence electrons. The highest BCUT2D eigenvalue weighted by Gasteiger charge is 2.19. The van der Waals surface area contributed by atoms with Crippen molar-refractivity contribution in [1.29, 1.82) is 0 Å². The zero-order valence-corrected chi connectivity index (χ0v) is 24.0. The maximum Gasteiger partial charge on any atom is 0.305 e. The molecule has 0 unspecified atom stereocenters. The van der Waals surface area contributed by atoms with Crippen LogP contribution in [0.15, 0.2) is 30.6 Å². The Labute approximate surface area is 242 Å². The lowest BCUT2D eigenvalue weighted by Crippen LogP contribution is -2.33. The number of benzene rings is 1. The fourth-order valence-corrected chi connectivity index (χ4v) is 3.94. The maximum absolute atomic E-state index is 12.5. The number of carbonyl (C=O) groups excluding carboxylic acids is 4. The van der Waals surface area contributed by atoms with Crippen molar-refractivity contribution in [1.82, 2.24) is 35.6 Å². The van der Waals surface area contributed by atoms with Gasteiger partial charge in [-0.05, 0) is 25.0 Å². The number of para-hydroxylation sites is 1. The molecule has 0 aliphatic heterocycles. The third kappa shape index (κ3) is 8.97. The minimum absolute atomic E-state index is 0.0150. The average molecular weight is 582 g/mol. The molecular formula is C27H35N9O6. The lowest BCUT2D eigenvalue weighted by molar-refractivity contribution is -0.140. The van der Waals surface area contributed by atoms with E-state index in [1.54, 1.807) is 36.3 Å². The van der Waals surface area contributed by atoms with E-state index < -0.39 is 11.8 Å². The van der Waals surface area contributed by atoms with Crippen LogP contribution in [0.5, 0.6) is 5.75 Å². The Hall–Kier alpha value is -5.08. The molecule has 1 aromatic carbocycles. The highest BCUT2D eigenvalue weighted by molar-refractivity contribution is 6.00. The van der Waals surface area contributed by atoms with Crippen LogP contribution in [0.1, 0.15) is 49.0 Å². The monoisotopic (exact) mass is 581 g/mol. The van der Waals surface area contributed by atoms with Crippen molar-refractivity contribution in [2.75, 3.05) is 38.4 Å². The van der Waals surface area contributed by atoms with Crippen molar-refractivity contribution < 1.29 is 28.7 Å². The first kappa shape index (κ1) is 31.4. The Balaban J connectivity index is 1.64. The van der Waals surface area contributed by atoms with Gasteiger partial charge in [0.05, 0.1) is 37.7 Å². The van der Waals surface area contributed by atoms with Crippen molar-refractivity contribution in [3.05, 3.63) is 36.3 Å². The first-order valence-electron chi connectivity index (χ1n) is 13.3. The molecule has 3 aromatic rings. The van der Waals surface area contributed by atoms with E-state index >= 15 is 0 Å². The summed E-state index contributed by atoms with van der Waals surface area (Å²) >= 11 is 0. The van der Waals surface area contributed by atoms with Crippen LogP contribution in [0.2, 0.25) is 0 Å². The topological polar surface area (TPSA) is 191 Å². The van der Waals surface area contributed by atoms with E-state index in [0.29, 0.717) is 42.1 Å². The molecule has 0 aliphatic carbocycles. The average Bonchev–Trinajstić information content (AvgIpc) is 3.43. The summed E-state index contributed by atoms with van der Waals surface area (Å²) in [7, 11) is 6.07. The van der Waals surface area contributed by atoms with Gasteiger partial charge in [-0.2, -0.15) is 5.10 Å². The van der Waals surface area contributed by atoms with E-state index in [1.807, 2.05) is 0 Å². The van der Waals surface area contributed by atoms with Crippen molar-refractivity contribution in [2.45, 2.75) is 38.5 Å². The number of methoxy groups -OCH3 is 2. The number of hydrogen-bond donors (Lipinski definition) is 4. The number of nitrogens with one attached hydrogen (secondary N) is 4. The summed E-state index contributed by atoms with van der Waals surface area (Å²) in [6.45, 7) is -0.268. The van der Waals surface area contributed by atoms with Gasteiger partial charge < -0.3 is 30.7 Å². The van der Waals surface area contributed by atoms with E-state index in [0.717, 1.165) is 12.8 Å². The van der Waals surface area contributed by atoms with E-state index in [9.17, 15) is 19.2 Å². The lowest BCUT2D eigenvalue weighted by atomic mass is 10.1. The van der Waals surface area contributed by atoms with Gasteiger partial charge in [-0.3, -0.25) is 23.9 Å². The number of nitrogens with zero attached hydrogens (tertiary/aromatic N) is 5. The Morgan fingerprint density at radius 1 is 0.952 bits per heavy atom. The summed E-state index contributed by atoms with van der Waals surface area (Å²) in [5.74, 6) is -0.586. The van der Waals surface area contributed by atoms with Crippen LogP contribution >= 0.6 is 0 Å². The molecule has 2 heterocycles. The standard InChI is InChI=1S/C27H35N9O6/c1-28-27(40)24-19(31-18-11-9-10-17(25(18)42-4)26-30-16-36(2)35-26)14-20(33-34-24)32-22(38)15-29-21(37)12-7-5-6-8-13-23(39)41-3/h9-11,14,16H,5-8,12-13,15H2,1-4H3,(H,28,40)(H,29,37)(H2,31,32,33,38). The summed E-state index contributed by atoms with van der Waals surface area (Å²) in [5.41, 5.74) is 1.35. The van der Waals surface area contributed by atoms with Gasteiger partial charge in [-0.15, -0.1) is 10.2 Å². The minimum atomic E-state index is -0.518. The predicted octanol–water partition coefficient (Wildman–Crippen LogP) is 1.95. The quantitative estimate of drug-likeness (QED) is 0.151. The number of unbranched alkanes of at least 4 members (excludes halogenated alkanes) is 3. The van der Waals surface area contributed by atoms with Gasteiger partial charge in [0, 0.05) is 33.0 Å². The van der Waals surface area contributed by atoms with Gasteiger partial charge in [-0.1, -0.05) is 18.9 Å². The molecule has 15 heteroatoms. The number of aromatic nitrogens is 5. The first-order chi connectivity index (χ1) is 20.2. The van der Waals surface area contributed by atoms with E-state index in [2.05, 4.69) is 46.3 Å². The van der Waals surface area contributed by atoms with Crippen LogP contribution in [0.25, 0.3) is 11.4 Å². The number of aryl methyl sites for hydroxylation is 1. The summed E-state index contributed by atoms with van der Waals surface area (Å²) in [6, 6.07) is 6.77. The van der Waals surface area contributed by atoms with Crippen LogP contribution in [0.4, 0.5) is 17.2 Å². The molecule has 2 aromatic heterocycles. The molecule has 0 radical (unpaired) electrons. The molecule has 0 saturated heterocycles. The molecule has 0 atom stereocenters. The van der Waals surface area contributed by atoms with Crippen molar-refractivity contribution in [2.24, 2.45) is 7.05 Å². The second-order valence-electron chi connectivity index (χ2n) is 9.14. The van der Waals surface area contributed by atoms with Crippen LogP contribution in [-0.2, 0) is 26.2 Å². The Morgan fingerprint density at radius 3 is 2.38 bits per heavy atom. The molecule has 0 saturated carbocycles. The Kier molecular flexibility index (Phi) is 11.7. The van der Waals surface area contributed by atoms with Gasteiger partial charge in [0.1, 0.15) is 6.33 Å². The SMILES string of the molecule is CNC(=O)c1nnc(NC(=O)CNC(=O)CCCCCCC(=O)OC)cc1Nc1cccc(-c2ncn(C)n2)c1OC. The van der Waals surface area contributed by atoms with E-state index in [1.165, 1.54) is 27.3 Å². The Morgan fingerprint density at radius 2 is 1.71 bits per heavy atom. The molecule has 3 rings (SSSR count). The second-order valence-corrected chi connectivity index (χ2v) is 9.14. The molecular weight excluding hydrogens is 546 g/mol. The van der Waals surface area contributed by atoms with Gasteiger partial charge in [-0.25, -0.2) is 4.98 Å². The number of rotatable bonds is 15. The Bertz CT molecular complexity index is 1410. The van der Waals surface area contributed by atoms with Crippen LogP contribution in [-0.4, -0.2) is 76.5 Å². The number of anilines is 3. The van der Waals surface area contributed by atoms with Gasteiger partial charge in [0.2, 0.25) is 11.8 Å². The molecule has 3 amide bonds. The summed E-state index contributed by atoms with van der Waals surface area (Å²) in [5, 5.41) is 23.1. The normalized spacial score (nSPS) is 10.5. The number of hydrogen-bond acceptors (Lipinski definition) is 11. The van der Waals surface area contributed by atoms with Crippen molar-refractivity contribution in [3.8, 4) is 17.1 Å². The van der Waals surface area contributed by atoms with E-state index in [4.69, 9.17) is 4.74 Å². The lowest BCUT2D eigenvalue weighted by Gasteiger charge is -2.16. The maximum atomic E-state index is 12.5. The third-order valence-electron chi connectivity index (χ3n) is 6.04. The van der Waals surface area contributed by atoms with Gasteiger partial charge in [0.15, 0.2) is 23.1 Å². The summed E-state index contributed by atoms with van der Waals surface area (Å²) in [4.78, 5) is 52.5. The molecule has 4 N–H and O–H groups in total. The smallest absolute Gasteiger partial charge is 0.305 e. The van der Waals surface area contributed by atoms with Gasteiger partial charge >= 0.3 is 5.97 Å². The molecule has 15 nitrogen and oxygen atoms in total. The van der Waals surface area contributed by atoms with Gasteiger partial charge in [0.25, 0.3) is 5.91 Å². The highest BCUT2D eigenvalue weighted by atomic mass is 16.5. The van der Waals surface area contributed by atoms with E-state index in [-0.39, 0.29) is 42.0 Å². The number of carbonyl (C=O) groups is 4. The third-order valence-corrected chi connectivity index (χ3v) is 6.04. The zero-order chi connectivity index (χ0) is 30.5. The fourth-order valence-electron chi connectivity index (χ4n) is 3.94. The summed E-state index contributed by atoms with van der Waals surface area (Å²) < 4.78 is 11.8. The molecule has 42 heavy (non-hydrogen) atoms. The molecule has 0 spiro atoms.